The quantitative estimate of drug-likeness (QED) is 0.815. The molecular weight excluding hydrogens is 226 g/mol. The Hall–Kier alpha value is -2.00. The van der Waals surface area contributed by atoms with E-state index in [-0.39, 0.29) is 0 Å². The molecule has 2 aromatic carbocycles. The first-order chi connectivity index (χ1) is 8.61. The van der Waals surface area contributed by atoms with E-state index in [9.17, 15) is 5.11 Å². The van der Waals surface area contributed by atoms with Crippen LogP contribution in [0.1, 0.15) is 22.8 Å². The van der Waals surface area contributed by atoms with E-state index in [0.29, 0.717) is 0 Å². The molecule has 0 unspecified atom stereocenters. The monoisotopic (exact) mass is 243 g/mol. The fraction of sp³-hybridized carbons (Fsp3) is 0.200. The van der Waals surface area contributed by atoms with Crippen LogP contribution in [0, 0.1) is 6.92 Å². The van der Waals surface area contributed by atoms with Crippen LogP contribution in [0.2, 0.25) is 0 Å². The minimum absolute atomic E-state index is 0.643. The summed E-state index contributed by atoms with van der Waals surface area (Å²) in [5.41, 5.74) is 9.15. The van der Waals surface area contributed by atoms with E-state index >= 15 is 0 Å². The molecule has 0 aliphatic rings. The van der Waals surface area contributed by atoms with Gasteiger partial charge in [-0.3, -0.25) is 0 Å². The van der Waals surface area contributed by atoms with Crippen molar-refractivity contribution in [2.45, 2.75) is 13.0 Å². The van der Waals surface area contributed by atoms with Crippen molar-refractivity contribution in [2.75, 3.05) is 12.8 Å². The predicted octanol–water partition coefficient (Wildman–Crippen LogP) is 2.67. The van der Waals surface area contributed by atoms with Gasteiger partial charge in [0.05, 0.1) is 7.11 Å². The molecule has 0 aliphatic heterocycles. The molecule has 0 aromatic heterocycles. The molecule has 0 fully saturated rings. The van der Waals surface area contributed by atoms with Gasteiger partial charge >= 0.3 is 0 Å². The number of ether oxygens (including phenoxy) is 1. The highest BCUT2D eigenvalue weighted by atomic mass is 16.5. The third-order valence-corrected chi connectivity index (χ3v) is 3.04. The van der Waals surface area contributed by atoms with E-state index in [2.05, 4.69) is 0 Å². The molecule has 0 spiro atoms. The van der Waals surface area contributed by atoms with Gasteiger partial charge in [0, 0.05) is 5.69 Å². The molecule has 2 rings (SSSR count). The largest absolute Gasteiger partial charge is 0.497 e. The number of aryl methyl sites for hydroxylation is 1. The fourth-order valence-corrected chi connectivity index (χ4v) is 1.85. The molecule has 0 saturated carbocycles. The number of anilines is 1. The second-order valence-electron chi connectivity index (χ2n) is 4.29. The third kappa shape index (κ3) is 2.46. The van der Waals surface area contributed by atoms with Crippen molar-refractivity contribution in [1.82, 2.24) is 0 Å². The summed E-state index contributed by atoms with van der Waals surface area (Å²) >= 11 is 0. The molecule has 3 heteroatoms. The van der Waals surface area contributed by atoms with Gasteiger partial charge in [0.1, 0.15) is 11.9 Å². The van der Waals surface area contributed by atoms with Gasteiger partial charge in [-0.15, -0.1) is 0 Å². The number of nitrogens with two attached hydrogens (primary N) is 1. The van der Waals surface area contributed by atoms with Gasteiger partial charge in [-0.25, -0.2) is 0 Å². The summed E-state index contributed by atoms with van der Waals surface area (Å²) in [5.74, 6) is 0.777. The van der Waals surface area contributed by atoms with Crippen molar-refractivity contribution >= 4 is 5.69 Å². The first-order valence-electron chi connectivity index (χ1n) is 5.80. The molecule has 0 aliphatic carbocycles. The summed E-state index contributed by atoms with van der Waals surface area (Å²) in [6.07, 6.45) is -0.643. The number of methoxy groups -OCH3 is 1. The Morgan fingerprint density at radius 3 is 2.22 bits per heavy atom. The maximum absolute atomic E-state index is 10.3. The molecule has 0 bridgehead atoms. The summed E-state index contributed by atoms with van der Waals surface area (Å²) in [6, 6.07) is 13.0. The molecule has 0 amide bonds. The third-order valence-electron chi connectivity index (χ3n) is 3.04. The minimum atomic E-state index is -0.643. The van der Waals surface area contributed by atoms with Crippen molar-refractivity contribution in [3.63, 3.8) is 0 Å². The van der Waals surface area contributed by atoms with Gasteiger partial charge in [0.25, 0.3) is 0 Å². The lowest BCUT2D eigenvalue weighted by atomic mass is 9.99. The first-order valence-corrected chi connectivity index (χ1v) is 5.80. The second-order valence-corrected chi connectivity index (χ2v) is 4.29. The highest BCUT2D eigenvalue weighted by molar-refractivity contribution is 5.49. The SMILES string of the molecule is COc1ccc([C@@H](O)c2ccc(N)c(C)c2)cc1. The zero-order valence-electron chi connectivity index (χ0n) is 10.6. The van der Waals surface area contributed by atoms with Gasteiger partial charge in [0.2, 0.25) is 0 Å². The molecular formula is C15H17NO2. The topological polar surface area (TPSA) is 55.5 Å². The van der Waals surface area contributed by atoms with Crippen molar-refractivity contribution < 1.29 is 9.84 Å². The van der Waals surface area contributed by atoms with Crippen LogP contribution in [-0.2, 0) is 0 Å². The zero-order chi connectivity index (χ0) is 13.1. The number of aliphatic hydroxyl groups excluding tert-OH is 1. The summed E-state index contributed by atoms with van der Waals surface area (Å²) in [6.45, 7) is 1.93. The first kappa shape index (κ1) is 12.5. The Morgan fingerprint density at radius 2 is 1.67 bits per heavy atom. The smallest absolute Gasteiger partial charge is 0.118 e. The van der Waals surface area contributed by atoms with E-state index < -0.39 is 6.10 Å². The molecule has 2 aromatic rings. The number of aliphatic hydroxyl groups is 1. The maximum atomic E-state index is 10.3. The van der Waals surface area contributed by atoms with Crippen LogP contribution < -0.4 is 10.5 Å². The maximum Gasteiger partial charge on any atom is 0.118 e. The Labute approximate surface area is 107 Å². The molecule has 1 atom stereocenters. The molecule has 18 heavy (non-hydrogen) atoms. The normalized spacial score (nSPS) is 12.2. The molecule has 0 heterocycles. The van der Waals surface area contributed by atoms with E-state index in [1.165, 1.54) is 0 Å². The summed E-state index contributed by atoms with van der Waals surface area (Å²) in [5, 5.41) is 10.3. The van der Waals surface area contributed by atoms with Gasteiger partial charge in [-0.05, 0) is 41.8 Å². The average molecular weight is 243 g/mol. The van der Waals surface area contributed by atoms with Gasteiger partial charge in [-0.2, -0.15) is 0 Å². The lowest BCUT2D eigenvalue weighted by Crippen LogP contribution is -2.01. The summed E-state index contributed by atoms with van der Waals surface area (Å²) in [7, 11) is 1.62. The van der Waals surface area contributed by atoms with Crippen LogP contribution >= 0.6 is 0 Å². The number of nitrogen functional groups attached to an aromatic ring is 1. The predicted molar refractivity (Wildman–Crippen MR) is 72.6 cm³/mol. The van der Waals surface area contributed by atoms with Crippen molar-refractivity contribution in [1.29, 1.82) is 0 Å². The van der Waals surface area contributed by atoms with Crippen LogP contribution in [-0.4, -0.2) is 12.2 Å². The Morgan fingerprint density at radius 1 is 1.06 bits per heavy atom. The zero-order valence-corrected chi connectivity index (χ0v) is 10.6. The minimum Gasteiger partial charge on any atom is -0.497 e. The van der Waals surface area contributed by atoms with Crippen molar-refractivity contribution in [3.8, 4) is 5.75 Å². The van der Waals surface area contributed by atoms with Crippen LogP contribution in [0.4, 0.5) is 5.69 Å². The summed E-state index contributed by atoms with van der Waals surface area (Å²) in [4.78, 5) is 0. The fourth-order valence-electron chi connectivity index (χ4n) is 1.85. The molecule has 0 radical (unpaired) electrons. The van der Waals surface area contributed by atoms with Crippen LogP contribution in [0.25, 0.3) is 0 Å². The van der Waals surface area contributed by atoms with E-state index in [1.54, 1.807) is 7.11 Å². The van der Waals surface area contributed by atoms with E-state index in [4.69, 9.17) is 10.5 Å². The van der Waals surface area contributed by atoms with Crippen LogP contribution in [0.3, 0.4) is 0 Å². The number of hydrogen-bond acceptors (Lipinski definition) is 3. The van der Waals surface area contributed by atoms with Gasteiger partial charge < -0.3 is 15.6 Å². The Balaban J connectivity index is 2.28. The Bertz CT molecular complexity index is 535. The molecule has 3 N–H and O–H groups in total. The lowest BCUT2D eigenvalue weighted by Gasteiger charge is -2.13. The van der Waals surface area contributed by atoms with Gasteiger partial charge in [-0.1, -0.05) is 24.3 Å². The van der Waals surface area contributed by atoms with Crippen molar-refractivity contribution in [2.24, 2.45) is 0 Å². The highest BCUT2D eigenvalue weighted by Crippen LogP contribution is 2.26. The van der Waals surface area contributed by atoms with Gasteiger partial charge in [0.15, 0.2) is 0 Å². The number of rotatable bonds is 3. The van der Waals surface area contributed by atoms with Crippen LogP contribution in [0.15, 0.2) is 42.5 Å². The van der Waals surface area contributed by atoms with Crippen LogP contribution in [0.5, 0.6) is 5.75 Å². The van der Waals surface area contributed by atoms with Crippen molar-refractivity contribution in [3.05, 3.63) is 59.2 Å². The second kappa shape index (κ2) is 5.10. The van der Waals surface area contributed by atoms with E-state index in [1.807, 2.05) is 49.4 Å². The summed E-state index contributed by atoms with van der Waals surface area (Å²) < 4.78 is 5.09. The number of hydrogen-bond donors (Lipinski definition) is 2. The highest BCUT2D eigenvalue weighted by Gasteiger charge is 2.11. The molecule has 3 nitrogen and oxygen atoms in total. The van der Waals surface area contributed by atoms with E-state index in [0.717, 1.165) is 28.1 Å². The Kier molecular flexibility index (Phi) is 3.53. The lowest BCUT2D eigenvalue weighted by molar-refractivity contribution is 0.220. The number of benzene rings is 2. The average Bonchev–Trinajstić information content (AvgIpc) is 2.41. The molecule has 94 valence electrons. The molecule has 0 saturated heterocycles. The standard InChI is InChI=1S/C15H17NO2/c1-10-9-12(5-8-14(10)16)15(17)11-3-6-13(18-2)7-4-11/h3-9,15,17H,16H2,1-2H3/t15-/m1/s1.